The quantitative estimate of drug-likeness (QED) is 0.924. The fourth-order valence-electron chi connectivity index (χ4n) is 1.17. The van der Waals surface area contributed by atoms with Crippen LogP contribution in [0.2, 0.25) is 0 Å². The Hall–Kier alpha value is -1.07. The molecule has 0 saturated carbocycles. The zero-order chi connectivity index (χ0) is 11.5. The van der Waals surface area contributed by atoms with Crippen LogP contribution in [0.3, 0.4) is 0 Å². The second-order valence-electron chi connectivity index (χ2n) is 3.22. The maximum absolute atomic E-state index is 5.82. The number of pyridine rings is 2. The molecular weight excluding hydrogens is 286 g/mol. The van der Waals surface area contributed by atoms with Crippen molar-refractivity contribution in [3.05, 3.63) is 40.6 Å². The van der Waals surface area contributed by atoms with E-state index >= 15 is 0 Å². The van der Waals surface area contributed by atoms with E-state index in [9.17, 15) is 0 Å². The second kappa shape index (κ2) is 4.84. The summed E-state index contributed by atoms with van der Waals surface area (Å²) in [6.45, 7) is 1.95. The largest absolute Gasteiger partial charge is 0.397 e. The molecule has 2 aromatic rings. The molecule has 16 heavy (non-hydrogen) atoms. The van der Waals surface area contributed by atoms with E-state index in [0.717, 1.165) is 20.2 Å². The molecule has 0 aliphatic heterocycles. The Labute approximate surface area is 107 Å². The Bertz CT molecular complexity index is 516. The summed E-state index contributed by atoms with van der Waals surface area (Å²) >= 11 is 4.89. The number of aryl methyl sites for hydroxylation is 1. The molecule has 0 fully saturated rings. The molecule has 0 atom stereocenters. The minimum atomic E-state index is 0.676. The summed E-state index contributed by atoms with van der Waals surface area (Å²) < 4.78 is 1.01. The lowest BCUT2D eigenvalue weighted by Crippen LogP contribution is -1.92. The van der Waals surface area contributed by atoms with Gasteiger partial charge in [0.15, 0.2) is 0 Å². The summed E-state index contributed by atoms with van der Waals surface area (Å²) in [6.07, 6.45) is 1.73. The van der Waals surface area contributed by atoms with Crippen LogP contribution in [0.15, 0.2) is 45.0 Å². The van der Waals surface area contributed by atoms with Crippen LogP contribution in [-0.2, 0) is 0 Å². The van der Waals surface area contributed by atoms with E-state index in [1.54, 1.807) is 6.20 Å². The first-order valence-corrected chi connectivity index (χ1v) is 6.29. The van der Waals surface area contributed by atoms with Crippen molar-refractivity contribution in [3.8, 4) is 0 Å². The van der Waals surface area contributed by atoms with Crippen LogP contribution in [0.4, 0.5) is 5.69 Å². The number of nitrogens with two attached hydrogens (primary N) is 1. The number of nitrogen functional groups attached to an aromatic ring is 1. The Kier molecular flexibility index (Phi) is 3.46. The number of hydrogen-bond donors (Lipinski definition) is 1. The number of nitrogens with zero attached hydrogens (tertiary/aromatic N) is 2. The summed E-state index contributed by atoms with van der Waals surface area (Å²) in [4.78, 5) is 8.64. The highest BCUT2D eigenvalue weighted by Crippen LogP contribution is 2.29. The van der Waals surface area contributed by atoms with Crippen LogP contribution in [-0.4, -0.2) is 9.97 Å². The van der Waals surface area contributed by atoms with Crippen molar-refractivity contribution in [1.29, 1.82) is 0 Å². The summed E-state index contributed by atoms with van der Waals surface area (Å²) in [5.74, 6) is 0. The molecule has 0 aliphatic rings. The van der Waals surface area contributed by atoms with E-state index < -0.39 is 0 Å². The van der Waals surface area contributed by atoms with Gasteiger partial charge in [-0.3, -0.25) is 0 Å². The lowest BCUT2D eigenvalue weighted by molar-refractivity contribution is 1.04. The molecule has 2 aromatic heterocycles. The van der Waals surface area contributed by atoms with Crippen molar-refractivity contribution in [2.75, 3.05) is 5.73 Å². The van der Waals surface area contributed by atoms with Gasteiger partial charge in [-0.05, 0) is 58.9 Å². The standard InChI is InChI=1S/C11H10BrN3S/c1-7-8(12)4-5-10(15-7)16-11-9(13)3-2-6-14-11/h2-6H,13H2,1H3. The molecule has 0 aromatic carbocycles. The normalized spacial score (nSPS) is 10.4. The fraction of sp³-hybridized carbons (Fsp3) is 0.0909. The Morgan fingerprint density at radius 1 is 1.31 bits per heavy atom. The van der Waals surface area contributed by atoms with Crippen molar-refractivity contribution in [1.82, 2.24) is 9.97 Å². The highest BCUT2D eigenvalue weighted by atomic mass is 79.9. The van der Waals surface area contributed by atoms with Gasteiger partial charge >= 0.3 is 0 Å². The molecule has 0 unspecified atom stereocenters. The molecule has 2 N–H and O–H groups in total. The van der Waals surface area contributed by atoms with Gasteiger partial charge < -0.3 is 5.73 Å². The summed E-state index contributed by atoms with van der Waals surface area (Å²) in [5.41, 5.74) is 7.45. The molecule has 0 radical (unpaired) electrons. The SMILES string of the molecule is Cc1nc(Sc2ncccc2N)ccc1Br. The molecule has 0 amide bonds. The topological polar surface area (TPSA) is 51.8 Å². The van der Waals surface area contributed by atoms with Gasteiger partial charge in [0, 0.05) is 10.7 Å². The highest BCUT2D eigenvalue weighted by molar-refractivity contribution is 9.10. The van der Waals surface area contributed by atoms with Gasteiger partial charge in [-0.25, -0.2) is 9.97 Å². The van der Waals surface area contributed by atoms with Crippen molar-refractivity contribution in [2.24, 2.45) is 0 Å². The van der Waals surface area contributed by atoms with E-state index in [4.69, 9.17) is 5.73 Å². The molecule has 0 bridgehead atoms. The third kappa shape index (κ3) is 2.54. The molecule has 82 valence electrons. The minimum absolute atomic E-state index is 0.676. The summed E-state index contributed by atoms with van der Waals surface area (Å²) in [7, 11) is 0. The fourth-order valence-corrected chi connectivity index (χ4v) is 2.20. The lowest BCUT2D eigenvalue weighted by Gasteiger charge is -2.04. The number of anilines is 1. The van der Waals surface area contributed by atoms with Gasteiger partial charge in [-0.1, -0.05) is 0 Å². The first kappa shape index (κ1) is 11.4. The van der Waals surface area contributed by atoms with Crippen molar-refractivity contribution >= 4 is 33.4 Å². The zero-order valence-electron chi connectivity index (χ0n) is 8.64. The maximum atomic E-state index is 5.82. The predicted molar refractivity (Wildman–Crippen MR) is 69.4 cm³/mol. The van der Waals surface area contributed by atoms with Gasteiger partial charge in [0.05, 0.1) is 11.4 Å². The predicted octanol–water partition coefficient (Wildman–Crippen LogP) is 3.28. The molecule has 2 heterocycles. The third-order valence-corrected chi connectivity index (χ3v) is 3.81. The van der Waals surface area contributed by atoms with Gasteiger partial charge in [0.1, 0.15) is 10.1 Å². The Morgan fingerprint density at radius 2 is 2.12 bits per heavy atom. The second-order valence-corrected chi connectivity index (χ2v) is 5.08. The molecule has 0 aliphatic carbocycles. The van der Waals surface area contributed by atoms with Gasteiger partial charge in [0.2, 0.25) is 0 Å². The average molecular weight is 296 g/mol. The van der Waals surface area contributed by atoms with Crippen LogP contribution in [0, 0.1) is 6.92 Å². The maximum Gasteiger partial charge on any atom is 0.125 e. The summed E-state index contributed by atoms with van der Waals surface area (Å²) in [6, 6.07) is 7.57. The van der Waals surface area contributed by atoms with Gasteiger partial charge in [0.25, 0.3) is 0 Å². The summed E-state index contributed by atoms with van der Waals surface area (Å²) in [5, 5.41) is 1.68. The molecule has 2 rings (SSSR count). The monoisotopic (exact) mass is 295 g/mol. The molecule has 5 heteroatoms. The van der Waals surface area contributed by atoms with E-state index in [1.165, 1.54) is 11.8 Å². The number of rotatable bonds is 2. The van der Waals surface area contributed by atoms with E-state index in [2.05, 4.69) is 25.9 Å². The Balaban J connectivity index is 2.28. The first-order valence-electron chi connectivity index (χ1n) is 4.68. The van der Waals surface area contributed by atoms with Crippen molar-refractivity contribution in [3.63, 3.8) is 0 Å². The molecule has 0 saturated heterocycles. The van der Waals surface area contributed by atoms with Crippen molar-refractivity contribution in [2.45, 2.75) is 17.0 Å². The minimum Gasteiger partial charge on any atom is -0.397 e. The van der Waals surface area contributed by atoms with E-state index in [0.29, 0.717) is 5.69 Å². The number of hydrogen-bond acceptors (Lipinski definition) is 4. The number of aromatic nitrogens is 2. The van der Waals surface area contributed by atoms with Crippen LogP contribution in [0.25, 0.3) is 0 Å². The molecular formula is C11H10BrN3S. The third-order valence-electron chi connectivity index (χ3n) is 2.00. The molecule has 0 spiro atoms. The van der Waals surface area contributed by atoms with Gasteiger partial charge in [-0.2, -0.15) is 0 Å². The van der Waals surface area contributed by atoms with Crippen molar-refractivity contribution < 1.29 is 0 Å². The first-order chi connectivity index (χ1) is 7.66. The van der Waals surface area contributed by atoms with Crippen LogP contribution in [0.1, 0.15) is 5.69 Å². The van der Waals surface area contributed by atoms with Crippen LogP contribution >= 0.6 is 27.7 Å². The van der Waals surface area contributed by atoms with Crippen LogP contribution < -0.4 is 5.73 Å². The highest BCUT2D eigenvalue weighted by Gasteiger charge is 2.05. The smallest absolute Gasteiger partial charge is 0.125 e. The van der Waals surface area contributed by atoms with Gasteiger partial charge in [-0.15, -0.1) is 0 Å². The zero-order valence-corrected chi connectivity index (χ0v) is 11.0. The van der Waals surface area contributed by atoms with E-state index in [-0.39, 0.29) is 0 Å². The van der Waals surface area contributed by atoms with Crippen LogP contribution in [0.5, 0.6) is 0 Å². The Morgan fingerprint density at radius 3 is 2.81 bits per heavy atom. The van der Waals surface area contributed by atoms with E-state index in [1.807, 2.05) is 31.2 Å². The lowest BCUT2D eigenvalue weighted by atomic mass is 10.4. The average Bonchev–Trinajstić information content (AvgIpc) is 2.27. The number of halogens is 1. The molecule has 3 nitrogen and oxygen atoms in total.